The van der Waals surface area contributed by atoms with E-state index >= 15 is 0 Å². The van der Waals surface area contributed by atoms with Crippen molar-refractivity contribution in [1.82, 2.24) is 24.4 Å². The largest absolute Gasteiger partial charge is 0.339 e. The third-order valence-corrected chi connectivity index (χ3v) is 3.80. The van der Waals surface area contributed by atoms with Crippen LogP contribution in [0.4, 0.5) is 5.95 Å². The Hall–Kier alpha value is -2.15. The molecule has 0 aromatic carbocycles. The molecule has 1 fully saturated rings. The molecule has 7 heteroatoms. The first-order valence-electron chi connectivity index (χ1n) is 7.31. The van der Waals surface area contributed by atoms with Crippen LogP contribution in [0.2, 0.25) is 0 Å². The second kappa shape index (κ2) is 6.53. The van der Waals surface area contributed by atoms with Crippen LogP contribution in [0.1, 0.15) is 6.42 Å². The number of rotatable bonds is 4. The zero-order chi connectivity index (χ0) is 14.5. The van der Waals surface area contributed by atoms with Crippen molar-refractivity contribution in [2.75, 3.05) is 37.6 Å². The SMILES string of the molecule is O=c1[nH]ccn1CCN1CCCN(c2ncccn2)CC1. The lowest BCUT2D eigenvalue weighted by atomic mass is 10.4. The van der Waals surface area contributed by atoms with Gasteiger partial charge in [0.05, 0.1) is 0 Å². The Morgan fingerprint density at radius 1 is 1.10 bits per heavy atom. The number of H-pyrrole nitrogens is 1. The van der Waals surface area contributed by atoms with Crippen LogP contribution in [-0.2, 0) is 6.54 Å². The normalized spacial score (nSPS) is 16.9. The molecule has 0 aliphatic carbocycles. The number of nitrogens with one attached hydrogen (secondary N) is 1. The molecule has 1 aliphatic heterocycles. The Kier molecular flexibility index (Phi) is 4.30. The van der Waals surface area contributed by atoms with E-state index in [-0.39, 0.29) is 5.69 Å². The Labute approximate surface area is 123 Å². The minimum absolute atomic E-state index is 0.0378. The highest BCUT2D eigenvalue weighted by Gasteiger charge is 2.16. The molecule has 7 nitrogen and oxygen atoms in total. The maximum absolute atomic E-state index is 11.5. The molecule has 2 aromatic rings. The van der Waals surface area contributed by atoms with Gasteiger partial charge in [-0.05, 0) is 19.0 Å². The number of hydrogen-bond acceptors (Lipinski definition) is 5. The lowest BCUT2D eigenvalue weighted by molar-refractivity contribution is 0.280. The fourth-order valence-corrected chi connectivity index (χ4v) is 2.62. The Morgan fingerprint density at radius 3 is 2.71 bits per heavy atom. The monoisotopic (exact) mass is 288 g/mol. The summed E-state index contributed by atoms with van der Waals surface area (Å²) in [6.45, 7) is 5.53. The highest BCUT2D eigenvalue weighted by Crippen LogP contribution is 2.10. The molecule has 0 spiro atoms. The maximum Gasteiger partial charge on any atom is 0.325 e. The molecule has 0 radical (unpaired) electrons. The van der Waals surface area contributed by atoms with Crippen molar-refractivity contribution in [2.24, 2.45) is 0 Å². The molecular weight excluding hydrogens is 268 g/mol. The molecule has 2 aromatic heterocycles. The van der Waals surface area contributed by atoms with Crippen molar-refractivity contribution < 1.29 is 0 Å². The van der Waals surface area contributed by atoms with Gasteiger partial charge in [0.1, 0.15) is 0 Å². The van der Waals surface area contributed by atoms with Gasteiger partial charge in [0.25, 0.3) is 0 Å². The predicted octanol–water partition coefficient (Wildman–Crippen LogP) is 0.179. The summed E-state index contributed by atoms with van der Waals surface area (Å²) < 4.78 is 1.71. The molecule has 0 atom stereocenters. The summed E-state index contributed by atoms with van der Waals surface area (Å²) in [6.07, 6.45) is 8.12. The van der Waals surface area contributed by atoms with Crippen molar-refractivity contribution >= 4 is 5.95 Å². The number of aromatic amines is 1. The third-order valence-electron chi connectivity index (χ3n) is 3.80. The average Bonchev–Trinajstić information content (AvgIpc) is 2.79. The summed E-state index contributed by atoms with van der Waals surface area (Å²) in [5.74, 6) is 0.807. The molecule has 0 bridgehead atoms. The fourth-order valence-electron chi connectivity index (χ4n) is 2.62. The molecule has 3 heterocycles. The lowest BCUT2D eigenvalue weighted by Gasteiger charge is -2.21. The Balaban J connectivity index is 1.54. The van der Waals surface area contributed by atoms with Crippen LogP contribution >= 0.6 is 0 Å². The Bertz CT molecular complexity index is 607. The second-order valence-electron chi connectivity index (χ2n) is 5.19. The predicted molar refractivity (Wildman–Crippen MR) is 80.4 cm³/mol. The van der Waals surface area contributed by atoms with Gasteiger partial charge < -0.3 is 9.88 Å². The van der Waals surface area contributed by atoms with Crippen molar-refractivity contribution in [3.8, 4) is 0 Å². The van der Waals surface area contributed by atoms with Crippen molar-refractivity contribution in [1.29, 1.82) is 0 Å². The van der Waals surface area contributed by atoms with E-state index in [1.807, 2.05) is 6.07 Å². The molecule has 3 rings (SSSR count). The van der Waals surface area contributed by atoms with E-state index in [2.05, 4.69) is 24.8 Å². The average molecular weight is 288 g/mol. The number of hydrogen-bond donors (Lipinski definition) is 1. The van der Waals surface area contributed by atoms with Gasteiger partial charge in [0.15, 0.2) is 0 Å². The molecule has 0 amide bonds. The third kappa shape index (κ3) is 3.49. The lowest BCUT2D eigenvalue weighted by Crippen LogP contribution is -2.34. The summed E-state index contributed by atoms with van der Waals surface area (Å²) in [5, 5.41) is 0. The van der Waals surface area contributed by atoms with Gasteiger partial charge in [-0.15, -0.1) is 0 Å². The zero-order valence-corrected chi connectivity index (χ0v) is 12.0. The van der Waals surface area contributed by atoms with Crippen LogP contribution in [-0.4, -0.2) is 57.1 Å². The number of aromatic nitrogens is 4. The summed E-state index contributed by atoms with van der Waals surface area (Å²) in [4.78, 5) is 27.4. The van der Waals surface area contributed by atoms with Crippen LogP contribution < -0.4 is 10.6 Å². The molecule has 112 valence electrons. The zero-order valence-electron chi connectivity index (χ0n) is 12.0. The van der Waals surface area contributed by atoms with Crippen LogP contribution in [0.5, 0.6) is 0 Å². The molecule has 21 heavy (non-hydrogen) atoms. The van der Waals surface area contributed by atoms with Gasteiger partial charge in [-0.3, -0.25) is 9.47 Å². The summed E-state index contributed by atoms with van der Waals surface area (Å²) in [5.41, 5.74) is -0.0378. The summed E-state index contributed by atoms with van der Waals surface area (Å²) in [6, 6.07) is 1.84. The summed E-state index contributed by atoms with van der Waals surface area (Å²) >= 11 is 0. The fraction of sp³-hybridized carbons (Fsp3) is 0.500. The smallest absolute Gasteiger partial charge is 0.325 e. The first kappa shape index (κ1) is 13.8. The van der Waals surface area contributed by atoms with Crippen LogP contribution in [0.25, 0.3) is 0 Å². The Morgan fingerprint density at radius 2 is 1.95 bits per heavy atom. The molecule has 1 aliphatic rings. The summed E-state index contributed by atoms with van der Waals surface area (Å²) in [7, 11) is 0. The number of imidazole rings is 1. The van der Waals surface area contributed by atoms with Gasteiger partial charge in [0.2, 0.25) is 5.95 Å². The standard InChI is InChI=1S/C14H20N6O/c21-14-17-5-8-20(14)12-10-18-6-2-7-19(11-9-18)13-15-3-1-4-16-13/h1,3-5,8H,2,6-7,9-12H2,(H,17,21). The van der Waals surface area contributed by atoms with E-state index in [1.54, 1.807) is 29.4 Å². The van der Waals surface area contributed by atoms with Crippen LogP contribution in [0.3, 0.4) is 0 Å². The van der Waals surface area contributed by atoms with E-state index in [0.717, 1.165) is 51.6 Å². The van der Waals surface area contributed by atoms with E-state index in [4.69, 9.17) is 0 Å². The topological polar surface area (TPSA) is 70.1 Å². The van der Waals surface area contributed by atoms with Crippen molar-refractivity contribution in [3.63, 3.8) is 0 Å². The minimum Gasteiger partial charge on any atom is -0.339 e. The highest BCUT2D eigenvalue weighted by molar-refractivity contribution is 5.28. The first-order valence-corrected chi connectivity index (χ1v) is 7.31. The highest BCUT2D eigenvalue weighted by atomic mass is 16.1. The van der Waals surface area contributed by atoms with Gasteiger partial charge >= 0.3 is 5.69 Å². The number of nitrogens with zero attached hydrogens (tertiary/aromatic N) is 5. The quantitative estimate of drug-likeness (QED) is 0.869. The minimum atomic E-state index is -0.0378. The van der Waals surface area contributed by atoms with Gasteiger partial charge in [0, 0.05) is 57.5 Å². The van der Waals surface area contributed by atoms with Crippen LogP contribution in [0.15, 0.2) is 35.6 Å². The molecule has 0 unspecified atom stereocenters. The second-order valence-corrected chi connectivity index (χ2v) is 5.19. The molecule has 1 saturated heterocycles. The molecular formula is C14H20N6O. The number of anilines is 1. The van der Waals surface area contributed by atoms with E-state index in [9.17, 15) is 4.79 Å². The first-order chi connectivity index (χ1) is 10.3. The van der Waals surface area contributed by atoms with Crippen molar-refractivity contribution in [2.45, 2.75) is 13.0 Å². The van der Waals surface area contributed by atoms with Gasteiger partial charge in [-0.25, -0.2) is 14.8 Å². The van der Waals surface area contributed by atoms with Crippen molar-refractivity contribution in [3.05, 3.63) is 41.3 Å². The molecule has 1 N–H and O–H groups in total. The van der Waals surface area contributed by atoms with E-state index < -0.39 is 0 Å². The van der Waals surface area contributed by atoms with Gasteiger partial charge in [-0.2, -0.15) is 0 Å². The van der Waals surface area contributed by atoms with Crippen LogP contribution in [0, 0.1) is 0 Å². The van der Waals surface area contributed by atoms with E-state index in [1.165, 1.54) is 0 Å². The van der Waals surface area contributed by atoms with E-state index in [0.29, 0.717) is 0 Å². The van der Waals surface area contributed by atoms with Gasteiger partial charge in [-0.1, -0.05) is 0 Å². The maximum atomic E-state index is 11.5. The molecule has 0 saturated carbocycles.